The van der Waals surface area contributed by atoms with E-state index in [9.17, 15) is 4.79 Å². The van der Waals surface area contributed by atoms with Gasteiger partial charge in [-0.25, -0.2) is 0 Å². The van der Waals surface area contributed by atoms with Gasteiger partial charge in [-0.1, -0.05) is 12.1 Å². The van der Waals surface area contributed by atoms with Gasteiger partial charge in [0.15, 0.2) is 17.3 Å². The number of pyridine rings is 1. The molecule has 0 bridgehead atoms. The summed E-state index contributed by atoms with van der Waals surface area (Å²) in [5.74, 6) is 1.34. The Hall–Kier alpha value is -3.12. The maximum Gasteiger partial charge on any atom is 0.231 e. The number of ether oxygens (including phenoxy) is 3. The largest absolute Gasteiger partial charge is 0.454 e. The summed E-state index contributed by atoms with van der Waals surface area (Å²) in [6.45, 7) is 6.98. The molecule has 0 unspecified atom stereocenters. The van der Waals surface area contributed by atoms with Crippen molar-refractivity contribution >= 4 is 22.4 Å². The van der Waals surface area contributed by atoms with E-state index in [0.717, 1.165) is 35.2 Å². The van der Waals surface area contributed by atoms with Crippen LogP contribution in [-0.2, 0) is 4.74 Å². The van der Waals surface area contributed by atoms with Gasteiger partial charge in [0.1, 0.15) is 0 Å². The molecular formula is C23H22N2O4. The van der Waals surface area contributed by atoms with Gasteiger partial charge in [0, 0.05) is 36.3 Å². The number of anilines is 1. The molecule has 3 aromatic rings. The Morgan fingerprint density at radius 2 is 1.76 bits per heavy atom. The first-order chi connectivity index (χ1) is 14.1. The van der Waals surface area contributed by atoms with Gasteiger partial charge in [-0.15, -0.1) is 0 Å². The molecule has 0 atom stereocenters. The summed E-state index contributed by atoms with van der Waals surface area (Å²) in [5, 5.41) is 0.894. The molecule has 2 aromatic carbocycles. The molecule has 5 rings (SSSR count). The minimum absolute atomic E-state index is 0.0262. The fourth-order valence-corrected chi connectivity index (χ4v) is 3.90. The molecule has 1 aromatic heterocycles. The molecule has 2 aliphatic heterocycles. The Balaban J connectivity index is 1.70. The number of hydrogen-bond acceptors (Lipinski definition) is 6. The number of morpholine rings is 1. The van der Waals surface area contributed by atoms with Gasteiger partial charge in [0.25, 0.3) is 0 Å². The monoisotopic (exact) mass is 390 g/mol. The van der Waals surface area contributed by atoms with E-state index in [-0.39, 0.29) is 12.6 Å². The standard InChI is InChI=1S/C23H22N2O4/c1-14-3-4-16(9-15(14)2)23(26)18-12-24-19-11-21-20(28-13-29-21)10-17(19)22(18)25-5-7-27-8-6-25/h3-4,9-12H,5-8,13H2,1-2H3. The van der Waals surface area contributed by atoms with Crippen molar-refractivity contribution in [2.45, 2.75) is 13.8 Å². The Kier molecular flexibility index (Phi) is 4.36. The van der Waals surface area contributed by atoms with Crippen LogP contribution in [0.1, 0.15) is 27.0 Å². The van der Waals surface area contributed by atoms with Gasteiger partial charge in [0.05, 0.1) is 30.0 Å². The number of aromatic nitrogens is 1. The highest BCUT2D eigenvalue weighted by Crippen LogP contribution is 2.40. The van der Waals surface area contributed by atoms with Crippen molar-refractivity contribution in [2.24, 2.45) is 0 Å². The third-order valence-electron chi connectivity index (χ3n) is 5.67. The van der Waals surface area contributed by atoms with Crippen LogP contribution in [0, 0.1) is 13.8 Å². The van der Waals surface area contributed by atoms with Crippen molar-refractivity contribution in [1.29, 1.82) is 0 Å². The summed E-state index contributed by atoms with van der Waals surface area (Å²) in [6.07, 6.45) is 1.69. The number of hydrogen-bond donors (Lipinski definition) is 0. The molecule has 6 nitrogen and oxygen atoms in total. The minimum Gasteiger partial charge on any atom is -0.454 e. The van der Waals surface area contributed by atoms with E-state index < -0.39 is 0 Å². The van der Waals surface area contributed by atoms with Crippen molar-refractivity contribution in [3.8, 4) is 11.5 Å². The van der Waals surface area contributed by atoms with Gasteiger partial charge in [-0.2, -0.15) is 0 Å². The Labute approximate surface area is 169 Å². The summed E-state index contributed by atoms with van der Waals surface area (Å²) >= 11 is 0. The smallest absolute Gasteiger partial charge is 0.231 e. The quantitative estimate of drug-likeness (QED) is 0.637. The third-order valence-corrected chi connectivity index (χ3v) is 5.67. The molecule has 0 saturated carbocycles. The van der Waals surface area contributed by atoms with E-state index in [2.05, 4.69) is 9.88 Å². The zero-order chi connectivity index (χ0) is 20.0. The highest BCUT2D eigenvalue weighted by atomic mass is 16.7. The van der Waals surface area contributed by atoms with Gasteiger partial charge in [-0.3, -0.25) is 9.78 Å². The second-order valence-electron chi connectivity index (χ2n) is 7.47. The molecule has 0 aliphatic carbocycles. The molecule has 148 valence electrons. The van der Waals surface area contributed by atoms with Gasteiger partial charge < -0.3 is 19.1 Å². The van der Waals surface area contributed by atoms with Crippen molar-refractivity contribution in [3.63, 3.8) is 0 Å². The van der Waals surface area contributed by atoms with Crippen molar-refractivity contribution < 1.29 is 19.0 Å². The third kappa shape index (κ3) is 3.09. The second kappa shape index (κ2) is 7.04. The highest BCUT2D eigenvalue weighted by molar-refractivity contribution is 6.16. The van der Waals surface area contributed by atoms with Crippen LogP contribution in [0.15, 0.2) is 36.5 Å². The van der Waals surface area contributed by atoms with Crippen LogP contribution in [0.3, 0.4) is 0 Å². The maximum absolute atomic E-state index is 13.5. The fraction of sp³-hybridized carbons (Fsp3) is 0.304. The van der Waals surface area contributed by atoms with Crippen LogP contribution in [0.25, 0.3) is 10.9 Å². The summed E-state index contributed by atoms with van der Waals surface area (Å²) in [5.41, 5.74) is 5.21. The Morgan fingerprint density at radius 1 is 1.00 bits per heavy atom. The number of carbonyl (C=O) groups is 1. The number of aryl methyl sites for hydroxylation is 2. The molecule has 6 heteroatoms. The lowest BCUT2D eigenvalue weighted by molar-refractivity contribution is 0.103. The molecule has 2 aliphatic rings. The number of nitrogens with zero attached hydrogens (tertiary/aromatic N) is 2. The van der Waals surface area contributed by atoms with Crippen LogP contribution < -0.4 is 14.4 Å². The highest BCUT2D eigenvalue weighted by Gasteiger charge is 2.25. The number of benzene rings is 2. The zero-order valence-corrected chi connectivity index (χ0v) is 16.5. The molecular weight excluding hydrogens is 368 g/mol. The molecule has 29 heavy (non-hydrogen) atoms. The van der Waals surface area contributed by atoms with Crippen molar-refractivity contribution in [2.75, 3.05) is 38.0 Å². The SMILES string of the molecule is Cc1ccc(C(=O)c2cnc3cc4c(cc3c2N2CCOCC2)OCO4)cc1C. The van der Waals surface area contributed by atoms with E-state index in [1.807, 2.05) is 44.2 Å². The van der Waals surface area contributed by atoms with Crippen LogP contribution in [-0.4, -0.2) is 43.9 Å². The molecule has 0 spiro atoms. The average Bonchev–Trinajstić information content (AvgIpc) is 3.20. The van der Waals surface area contributed by atoms with Crippen LogP contribution in [0.2, 0.25) is 0 Å². The zero-order valence-electron chi connectivity index (χ0n) is 16.5. The first-order valence-corrected chi connectivity index (χ1v) is 9.79. The average molecular weight is 390 g/mol. The fourth-order valence-electron chi connectivity index (χ4n) is 3.90. The normalized spacial score (nSPS) is 15.7. The van der Waals surface area contributed by atoms with Crippen molar-refractivity contribution in [3.05, 3.63) is 58.8 Å². The van der Waals surface area contributed by atoms with E-state index >= 15 is 0 Å². The summed E-state index contributed by atoms with van der Waals surface area (Å²) < 4.78 is 16.6. The lowest BCUT2D eigenvalue weighted by Crippen LogP contribution is -2.37. The molecule has 1 saturated heterocycles. The van der Waals surface area contributed by atoms with E-state index in [1.165, 1.54) is 5.56 Å². The van der Waals surface area contributed by atoms with Crippen LogP contribution in [0.4, 0.5) is 5.69 Å². The van der Waals surface area contributed by atoms with Crippen LogP contribution in [0.5, 0.6) is 11.5 Å². The molecule has 0 N–H and O–H groups in total. The Morgan fingerprint density at radius 3 is 2.52 bits per heavy atom. The van der Waals surface area contributed by atoms with E-state index in [4.69, 9.17) is 14.2 Å². The second-order valence-corrected chi connectivity index (χ2v) is 7.47. The molecule has 0 amide bonds. The maximum atomic E-state index is 13.5. The number of rotatable bonds is 3. The summed E-state index contributed by atoms with van der Waals surface area (Å²) in [6, 6.07) is 9.64. The molecule has 0 radical (unpaired) electrons. The summed E-state index contributed by atoms with van der Waals surface area (Å²) in [4.78, 5) is 20.3. The van der Waals surface area contributed by atoms with Gasteiger partial charge >= 0.3 is 0 Å². The van der Waals surface area contributed by atoms with Crippen molar-refractivity contribution in [1.82, 2.24) is 4.98 Å². The molecule has 1 fully saturated rings. The summed E-state index contributed by atoms with van der Waals surface area (Å²) in [7, 11) is 0. The first kappa shape index (κ1) is 17.9. The van der Waals surface area contributed by atoms with E-state index in [1.54, 1.807) is 6.20 Å². The van der Waals surface area contributed by atoms with Gasteiger partial charge in [0.2, 0.25) is 6.79 Å². The lowest BCUT2D eigenvalue weighted by Gasteiger charge is -2.31. The van der Waals surface area contributed by atoms with E-state index in [0.29, 0.717) is 35.8 Å². The topological polar surface area (TPSA) is 60.9 Å². The minimum atomic E-state index is -0.0262. The number of ketones is 1. The number of carbonyl (C=O) groups excluding carboxylic acids is 1. The first-order valence-electron chi connectivity index (χ1n) is 9.79. The molecule has 3 heterocycles. The predicted octanol–water partition coefficient (Wildman–Crippen LogP) is 3.65. The van der Waals surface area contributed by atoms with Crippen LogP contribution >= 0.6 is 0 Å². The predicted molar refractivity (Wildman–Crippen MR) is 110 cm³/mol. The Bertz CT molecular complexity index is 1120. The van der Waals surface area contributed by atoms with Gasteiger partial charge in [-0.05, 0) is 37.1 Å². The number of fused-ring (bicyclic) bond motifs is 2. The lowest BCUT2D eigenvalue weighted by atomic mass is 9.97.